The monoisotopic (exact) mass is 361 g/mol. The van der Waals surface area contributed by atoms with Gasteiger partial charge in [-0.25, -0.2) is 0 Å². The van der Waals surface area contributed by atoms with Crippen LogP contribution in [0.15, 0.2) is 28.7 Å². The number of aryl methyl sites for hydroxylation is 1. The van der Waals surface area contributed by atoms with Crippen LogP contribution in [0, 0.1) is 6.92 Å². The Bertz CT molecular complexity index is 711. The molecule has 1 N–H and O–H groups in total. The maximum absolute atomic E-state index is 12.7. The van der Waals surface area contributed by atoms with Crippen molar-refractivity contribution in [1.82, 2.24) is 5.32 Å². The molecule has 0 bridgehead atoms. The van der Waals surface area contributed by atoms with Gasteiger partial charge in [0.1, 0.15) is 11.5 Å². The fraction of sp³-hybridized carbons (Fsp3) is 0.450. The summed E-state index contributed by atoms with van der Waals surface area (Å²) < 4.78 is 22.6. The first-order valence-corrected chi connectivity index (χ1v) is 8.93. The Hall–Kier alpha value is -2.63. The van der Waals surface area contributed by atoms with Gasteiger partial charge in [0.15, 0.2) is 11.5 Å². The van der Waals surface area contributed by atoms with E-state index in [2.05, 4.69) is 5.32 Å². The van der Waals surface area contributed by atoms with E-state index in [1.54, 1.807) is 12.1 Å². The van der Waals surface area contributed by atoms with Gasteiger partial charge in [-0.15, -0.1) is 0 Å². The molecule has 1 heterocycles. The molecule has 0 aliphatic rings. The predicted octanol–water partition coefficient (Wildman–Crippen LogP) is 4.28. The lowest BCUT2D eigenvalue weighted by Crippen LogP contribution is -2.26. The van der Waals surface area contributed by atoms with E-state index in [1.165, 1.54) is 0 Å². The lowest BCUT2D eigenvalue weighted by Gasteiger charge is -2.18. The van der Waals surface area contributed by atoms with E-state index in [0.29, 0.717) is 48.4 Å². The third kappa shape index (κ3) is 4.71. The van der Waals surface area contributed by atoms with E-state index >= 15 is 0 Å². The summed E-state index contributed by atoms with van der Waals surface area (Å²) in [5, 5.41) is 2.93. The number of ether oxygens (including phenoxy) is 3. The number of hydrogen-bond acceptors (Lipinski definition) is 5. The number of nitrogens with one attached hydrogen (secondary N) is 1. The van der Waals surface area contributed by atoms with Crippen LogP contribution < -0.4 is 19.5 Å². The van der Waals surface area contributed by atoms with Crippen molar-refractivity contribution < 1.29 is 23.4 Å². The molecule has 1 unspecified atom stereocenters. The Morgan fingerprint density at radius 3 is 2.08 bits per heavy atom. The number of carbonyl (C=O) groups excluding carboxylic acids is 1. The molecule has 6 heteroatoms. The van der Waals surface area contributed by atoms with Crippen LogP contribution in [0.4, 0.5) is 0 Å². The van der Waals surface area contributed by atoms with Gasteiger partial charge in [-0.1, -0.05) is 0 Å². The molecule has 0 saturated heterocycles. The summed E-state index contributed by atoms with van der Waals surface area (Å²) in [5.41, 5.74) is 0.440. The summed E-state index contributed by atoms with van der Waals surface area (Å²) >= 11 is 0. The summed E-state index contributed by atoms with van der Waals surface area (Å²) in [6.45, 7) is 10.8. The molecule has 0 spiro atoms. The van der Waals surface area contributed by atoms with Crippen molar-refractivity contribution in [2.75, 3.05) is 19.8 Å². The smallest absolute Gasteiger partial charge is 0.252 e. The molecule has 26 heavy (non-hydrogen) atoms. The topological polar surface area (TPSA) is 69.9 Å². The SMILES string of the molecule is CCOc1cc(C(=O)NC(C)c2ccc(C)o2)cc(OCC)c1OCC. The maximum atomic E-state index is 12.7. The summed E-state index contributed by atoms with van der Waals surface area (Å²) in [4.78, 5) is 12.7. The molecule has 1 atom stereocenters. The minimum Gasteiger partial charge on any atom is -0.490 e. The molecule has 1 aromatic carbocycles. The molecule has 6 nitrogen and oxygen atoms in total. The summed E-state index contributed by atoms with van der Waals surface area (Å²) in [7, 11) is 0. The molecule has 2 aromatic rings. The largest absolute Gasteiger partial charge is 0.490 e. The van der Waals surface area contributed by atoms with Crippen molar-refractivity contribution in [1.29, 1.82) is 0 Å². The van der Waals surface area contributed by atoms with Crippen LogP contribution in [0.5, 0.6) is 17.2 Å². The minimum absolute atomic E-state index is 0.239. The number of hydrogen-bond donors (Lipinski definition) is 1. The average Bonchev–Trinajstić information content (AvgIpc) is 3.04. The van der Waals surface area contributed by atoms with Crippen LogP contribution in [0.25, 0.3) is 0 Å². The van der Waals surface area contributed by atoms with E-state index in [1.807, 2.05) is 46.8 Å². The average molecular weight is 361 g/mol. The zero-order valence-electron chi connectivity index (χ0n) is 16.0. The summed E-state index contributed by atoms with van der Waals surface area (Å²) in [6.07, 6.45) is 0. The fourth-order valence-electron chi connectivity index (χ4n) is 2.56. The number of amides is 1. The van der Waals surface area contributed by atoms with Crippen molar-refractivity contribution in [2.45, 2.75) is 40.7 Å². The first kappa shape index (κ1) is 19.7. The van der Waals surface area contributed by atoms with Crippen molar-refractivity contribution in [3.63, 3.8) is 0 Å². The van der Waals surface area contributed by atoms with Crippen LogP contribution in [0.3, 0.4) is 0 Å². The van der Waals surface area contributed by atoms with Crippen molar-refractivity contribution in [2.24, 2.45) is 0 Å². The standard InChI is InChI=1S/C20H27NO5/c1-6-23-17-11-15(12-18(24-7-2)19(17)25-8-3)20(22)21-14(5)16-10-9-13(4)26-16/h9-12,14H,6-8H2,1-5H3,(H,21,22). The van der Waals surface area contributed by atoms with Crippen molar-refractivity contribution >= 4 is 5.91 Å². The second-order valence-corrected chi connectivity index (χ2v) is 5.74. The number of benzene rings is 1. The molecule has 0 fully saturated rings. The Labute approximate surface area is 154 Å². The van der Waals surface area contributed by atoms with Gasteiger partial charge >= 0.3 is 0 Å². The minimum atomic E-state index is -0.256. The van der Waals surface area contributed by atoms with Gasteiger partial charge in [-0.2, -0.15) is 0 Å². The van der Waals surface area contributed by atoms with E-state index < -0.39 is 0 Å². The normalized spacial score (nSPS) is 11.7. The van der Waals surface area contributed by atoms with Gasteiger partial charge < -0.3 is 23.9 Å². The molecule has 142 valence electrons. The summed E-state index contributed by atoms with van der Waals surface area (Å²) in [6, 6.07) is 6.82. The van der Waals surface area contributed by atoms with Gasteiger partial charge in [0.2, 0.25) is 5.75 Å². The Kier molecular flexibility index (Phi) is 6.95. The highest BCUT2D eigenvalue weighted by Gasteiger charge is 2.20. The van der Waals surface area contributed by atoms with E-state index in [4.69, 9.17) is 18.6 Å². The quantitative estimate of drug-likeness (QED) is 0.722. The zero-order valence-corrected chi connectivity index (χ0v) is 16.0. The maximum Gasteiger partial charge on any atom is 0.252 e. The first-order valence-electron chi connectivity index (χ1n) is 8.93. The highest BCUT2D eigenvalue weighted by Crippen LogP contribution is 2.39. The van der Waals surface area contributed by atoms with Crippen LogP contribution in [-0.2, 0) is 0 Å². The molecule has 1 aromatic heterocycles. The van der Waals surface area contributed by atoms with Crippen LogP contribution in [0.1, 0.15) is 55.6 Å². The number of carbonyl (C=O) groups is 1. The van der Waals surface area contributed by atoms with Crippen molar-refractivity contribution in [3.8, 4) is 17.2 Å². The molecule has 2 rings (SSSR count). The molecular formula is C20H27NO5. The second kappa shape index (κ2) is 9.17. The number of rotatable bonds is 9. The molecular weight excluding hydrogens is 334 g/mol. The van der Waals surface area contributed by atoms with Crippen LogP contribution in [0.2, 0.25) is 0 Å². The van der Waals surface area contributed by atoms with Gasteiger partial charge in [0.25, 0.3) is 5.91 Å². The van der Waals surface area contributed by atoms with Gasteiger partial charge in [0, 0.05) is 5.56 Å². The molecule has 0 aliphatic carbocycles. The van der Waals surface area contributed by atoms with Gasteiger partial charge in [0.05, 0.1) is 25.9 Å². The zero-order chi connectivity index (χ0) is 19.1. The Morgan fingerprint density at radius 2 is 1.62 bits per heavy atom. The lowest BCUT2D eigenvalue weighted by molar-refractivity contribution is 0.0934. The Balaban J connectivity index is 2.30. The number of furan rings is 1. The van der Waals surface area contributed by atoms with E-state index in [0.717, 1.165) is 5.76 Å². The Morgan fingerprint density at radius 1 is 1.04 bits per heavy atom. The highest BCUT2D eigenvalue weighted by atomic mass is 16.5. The molecule has 0 saturated carbocycles. The highest BCUT2D eigenvalue weighted by molar-refractivity contribution is 5.95. The fourth-order valence-corrected chi connectivity index (χ4v) is 2.56. The van der Waals surface area contributed by atoms with Crippen molar-refractivity contribution in [3.05, 3.63) is 41.3 Å². The molecule has 0 radical (unpaired) electrons. The van der Waals surface area contributed by atoms with Crippen LogP contribution >= 0.6 is 0 Å². The predicted molar refractivity (Wildman–Crippen MR) is 99.3 cm³/mol. The van der Waals surface area contributed by atoms with Gasteiger partial charge in [-0.3, -0.25) is 4.79 Å². The van der Waals surface area contributed by atoms with Crippen LogP contribution in [-0.4, -0.2) is 25.7 Å². The third-order valence-corrected chi connectivity index (χ3v) is 3.71. The third-order valence-electron chi connectivity index (χ3n) is 3.71. The molecule has 1 amide bonds. The summed E-state index contributed by atoms with van der Waals surface area (Å²) in [5.74, 6) is 2.77. The molecule has 0 aliphatic heterocycles. The first-order chi connectivity index (χ1) is 12.5. The second-order valence-electron chi connectivity index (χ2n) is 5.74. The lowest BCUT2D eigenvalue weighted by atomic mass is 10.1. The van der Waals surface area contributed by atoms with E-state index in [9.17, 15) is 4.79 Å². The van der Waals surface area contributed by atoms with Gasteiger partial charge in [-0.05, 0) is 58.9 Å². The van der Waals surface area contributed by atoms with E-state index in [-0.39, 0.29) is 11.9 Å².